The fourth-order valence-electron chi connectivity index (χ4n) is 4.90. The summed E-state index contributed by atoms with van der Waals surface area (Å²) in [5, 5.41) is 10.0. The molecule has 1 aliphatic rings. The number of carbonyl (C=O) groups is 1. The summed E-state index contributed by atoms with van der Waals surface area (Å²) >= 11 is 7.53. The van der Waals surface area contributed by atoms with E-state index in [4.69, 9.17) is 17.0 Å². The number of thiazole rings is 1. The zero-order chi connectivity index (χ0) is 27.9. The fourth-order valence-corrected chi connectivity index (χ4v) is 6.00. The molecule has 4 aromatic rings. The molecule has 2 N–H and O–H groups in total. The number of carbonyl (C=O) groups excluding carboxylic acids is 1. The van der Waals surface area contributed by atoms with Crippen LogP contribution in [0.4, 0.5) is 11.4 Å². The van der Waals surface area contributed by atoms with Gasteiger partial charge in [0.05, 0.1) is 30.6 Å². The van der Waals surface area contributed by atoms with Gasteiger partial charge < -0.3 is 20.3 Å². The van der Waals surface area contributed by atoms with Crippen molar-refractivity contribution in [2.75, 3.05) is 17.3 Å². The van der Waals surface area contributed by atoms with Gasteiger partial charge in [-0.05, 0) is 62.0 Å². The first kappa shape index (κ1) is 26.8. The van der Waals surface area contributed by atoms with E-state index in [1.165, 1.54) is 0 Å². The van der Waals surface area contributed by atoms with Gasteiger partial charge in [0.15, 0.2) is 10.2 Å². The number of aryl methyl sites for hydroxylation is 1. The van der Waals surface area contributed by atoms with Gasteiger partial charge in [0.2, 0.25) is 5.91 Å². The van der Waals surface area contributed by atoms with Crippen LogP contribution < -0.4 is 20.3 Å². The number of hydrogen-bond acceptors (Lipinski definition) is 6. The van der Waals surface area contributed by atoms with E-state index in [1.54, 1.807) is 24.6 Å². The third-order valence-electron chi connectivity index (χ3n) is 6.89. The van der Waals surface area contributed by atoms with Crippen LogP contribution in [0.1, 0.15) is 55.5 Å². The van der Waals surface area contributed by atoms with Crippen LogP contribution in [0.15, 0.2) is 60.2 Å². The number of ether oxygens (including phenoxy) is 1. The number of nitrogens with one attached hydrogen (secondary N) is 2. The van der Waals surface area contributed by atoms with Crippen molar-refractivity contribution < 1.29 is 9.53 Å². The van der Waals surface area contributed by atoms with E-state index in [0.29, 0.717) is 16.5 Å². The highest BCUT2D eigenvalue weighted by Crippen LogP contribution is 2.45. The van der Waals surface area contributed by atoms with E-state index < -0.39 is 5.41 Å². The molecule has 1 aromatic carbocycles. The molecule has 202 valence electrons. The van der Waals surface area contributed by atoms with Crippen molar-refractivity contribution in [1.82, 2.24) is 19.9 Å². The zero-order valence-corrected chi connectivity index (χ0v) is 24.5. The van der Waals surface area contributed by atoms with E-state index in [1.807, 2.05) is 68.7 Å². The monoisotopic (exact) mass is 560 g/mol. The molecule has 0 saturated carbocycles. The lowest BCUT2D eigenvalue weighted by Crippen LogP contribution is -2.30. The van der Waals surface area contributed by atoms with Gasteiger partial charge in [0.1, 0.15) is 5.75 Å². The standard InChI is InChI=1S/C29H32N6O2S2/c1-17-15-20(18(2)34(17)28-31-13-14-39-28)25-24(22-9-7-8-12-30-22)33-27(38)35(25)19-10-11-21(23(16-19)37-6)32-26(36)29(3,4)5/h7-16,24-25H,1-6H3,(H,32,36)(H,33,38)/t24-,25+/m1/s1. The van der Waals surface area contributed by atoms with Crippen molar-refractivity contribution in [2.45, 2.75) is 46.7 Å². The van der Waals surface area contributed by atoms with Gasteiger partial charge in [-0.15, -0.1) is 11.3 Å². The van der Waals surface area contributed by atoms with Crippen LogP contribution in [0.5, 0.6) is 5.75 Å². The lowest BCUT2D eigenvalue weighted by Gasteiger charge is -2.29. The highest BCUT2D eigenvalue weighted by Gasteiger charge is 2.42. The van der Waals surface area contributed by atoms with Gasteiger partial charge in [-0.1, -0.05) is 26.8 Å². The second-order valence-corrected chi connectivity index (χ2v) is 11.8. The summed E-state index contributed by atoms with van der Waals surface area (Å²) in [6, 6.07) is 13.5. The van der Waals surface area contributed by atoms with Crippen molar-refractivity contribution >= 4 is 45.9 Å². The van der Waals surface area contributed by atoms with Crippen molar-refractivity contribution in [1.29, 1.82) is 0 Å². The Morgan fingerprint density at radius 3 is 2.56 bits per heavy atom. The SMILES string of the molecule is COc1cc(N2C(=S)N[C@H](c3ccccn3)[C@@H]2c2cc(C)n(-c3nccs3)c2C)ccc1NC(=O)C(C)(C)C. The molecule has 0 radical (unpaired) electrons. The number of hydrogen-bond donors (Lipinski definition) is 2. The smallest absolute Gasteiger partial charge is 0.229 e. The number of pyridine rings is 1. The molecule has 5 rings (SSSR count). The molecule has 4 heterocycles. The van der Waals surface area contributed by atoms with Gasteiger partial charge in [-0.25, -0.2) is 4.98 Å². The number of thiocarbonyl (C=S) groups is 1. The summed E-state index contributed by atoms with van der Waals surface area (Å²) in [4.78, 5) is 24.0. The van der Waals surface area contributed by atoms with Gasteiger partial charge in [0, 0.05) is 46.3 Å². The van der Waals surface area contributed by atoms with E-state index in [0.717, 1.165) is 33.5 Å². The first-order valence-electron chi connectivity index (χ1n) is 12.7. The van der Waals surface area contributed by atoms with Crippen molar-refractivity contribution in [3.63, 3.8) is 0 Å². The second-order valence-electron chi connectivity index (χ2n) is 10.6. The van der Waals surface area contributed by atoms with Crippen LogP contribution in [0.25, 0.3) is 5.13 Å². The number of benzene rings is 1. The maximum absolute atomic E-state index is 12.7. The Labute approximate surface area is 238 Å². The van der Waals surface area contributed by atoms with E-state index >= 15 is 0 Å². The lowest BCUT2D eigenvalue weighted by molar-refractivity contribution is -0.123. The summed E-state index contributed by atoms with van der Waals surface area (Å²) in [6.07, 6.45) is 3.62. The van der Waals surface area contributed by atoms with Crippen molar-refractivity contribution in [3.05, 3.63) is 82.9 Å². The van der Waals surface area contributed by atoms with E-state index in [2.05, 4.69) is 50.0 Å². The van der Waals surface area contributed by atoms with Crippen LogP contribution >= 0.6 is 23.6 Å². The third-order valence-corrected chi connectivity index (χ3v) is 7.96. The number of methoxy groups -OCH3 is 1. The average Bonchev–Trinajstić information content (AvgIpc) is 3.62. The van der Waals surface area contributed by atoms with Crippen LogP contribution in [0.3, 0.4) is 0 Å². The molecular formula is C29H32N6O2S2. The maximum Gasteiger partial charge on any atom is 0.229 e. The number of amides is 1. The Bertz CT molecular complexity index is 1510. The summed E-state index contributed by atoms with van der Waals surface area (Å²) in [5.74, 6) is 0.468. The topological polar surface area (TPSA) is 84.3 Å². The molecule has 1 saturated heterocycles. The molecule has 0 aliphatic carbocycles. The molecule has 2 atom stereocenters. The highest BCUT2D eigenvalue weighted by molar-refractivity contribution is 7.80. The Morgan fingerprint density at radius 2 is 1.92 bits per heavy atom. The van der Waals surface area contributed by atoms with Gasteiger partial charge in [-0.2, -0.15) is 0 Å². The highest BCUT2D eigenvalue weighted by atomic mass is 32.1. The van der Waals surface area contributed by atoms with Crippen molar-refractivity contribution in [2.24, 2.45) is 5.41 Å². The normalized spacial score (nSPS) is 17.3. The number of anilines is 2. The van der Waals surface area contributed by atoms with E-state index in [9.17, 15) is 4.79 Å². The molecule has 8 nitrogen and oxygen atoms in total. The third kappa shape index (κ3) is 5.02. The van der Waals surface area contributed by atoms with Gasteiger partial charge >= 0.3 is 0 Å². The number of nitrogens with zero attached hydrogens (tertiary/aromatic N) is 4. The van der Waals surface area contributed by atoms with Crippen molar-refractivity contribution in [3.8, 4) is 10.9 Å². The Kier molecular flexibility index (Phi) is 7.17. The molecule has 10 heteroatoms. The fraction of sp³-hybridized carbons (Fsp3) is 0.310. The van der Waals surface area contributed by atoms with Gasteiger partial charge in [-0.3, -0.25) is 14.3 Å². The number of rotatable bonds is 6. The van der Waals surface area contributed by atoms with Crippen LogP contribution in [-0.4, -0.2) is 32.7 Å². The summed E-state index contributed by atoms with van der Waals surface area (Å²) in [7, 11) is 1.60. The maximum atomic E-state index is 12.7. The van der Waals surface area contributed by atoms with Crippen LogP contribution in [-0.2, 0) is 4.79 Å². The Balaban J connectivity index is 1.62. The predicted octanol–water partition coefficient (Wildman–Crippen LogP) is 6.12. The zero-order valence-electron chi connectivity index (χ0n) is 22.9. The largest absolute Gasteiger partial charge is 0.494 e. The molecule has 0 bridgehead atoms. The minimum atomic E-state index is -0.537. The minimum Gasteiger partial charge on any atom is -0.494 e. The molecule has 1 amide bonds. The molecule has 39 heavy (non-hydrogen) atoms. The summed E-state index contributed by atoms with van der Waals surface area (Å²) in [5.41, 5.74) is 5.12. The van der Waals surface area contributed by atoms with E-state index in [-0.39, 0.29) is 18.0 Å². The first-order valence-corrected chi connectivity index (χ1v) is 14.0. The molecule has 1 aliphatic heterocycles. The number of aromatic nitrogens is 3. The molecule has 0 unspecified atom stereocenters. The summed E-state index contributed by atoms with van der Waals surface area (Å²) in [6.45, 7) is 9.84. The van der Waals surface area contributed by atoms with Gasteiger partial charge in [0.25, 0.3) is 0 Å². The average molecular weight is 561 g/mol. The first-order chi connectivity index (χ1) is 18.6. The molecule has 1 fully saturated rings. The molecule has 0 spiro atoms. The predicted molar refractivity (Wildman–Crippen MR) is 160 cm³/mol. The second kappa shape index (κ2) is 10.4. The van der Waals surface area contributed by atoms with Crippen LogP contribution in [0.2, 0.25) is 0 Å². The lowest BCUT2D eigenvalue weighted by atomic mass is 9.95. The molecular weight excluding hydrogens is 528 g/mol. The Morgan fingerprint density at radius 1 is 1.13 bits per heavy atom. The Hall–Kier alpha value is -3.76. The van der Waals surface area contributed by atoms with Crippen LogP contribution in [0, 0.1) is 19.3 Å². The quantitative estimate of drug-likeness (QED) is 0.275. The minimum absolute atomic E-state index is 0.0883. The summed E-state index contributed by atoms with van der Waals surface area (Å²) < 4.78 is 7.90. The molecule has 3 aromatic heterocycles.